The average molecular weight is 198 g/mol. The molecule has 0 aromatic heterocycles. The average Bonchev–Trinajstić information content (AvgIpc) is 1.83. The van der Waals surface area contributed by atoms with Gasteiger partial charge >= 0.3 is 18.6 Å². The number of alkyl halides is 6. The molecular formula is C4H4F6O2. The van der Waals surface area contributed by atoms with E-state index in [1.54, 1.807) is 0 Å². The summed E-state index contributed by atoms with van der Waals surface area (Å²) in [6, 6.07) is 0. The summed E-state index contributed by atoms with van der Waals surface area (Å²) in [7, 11) is 0. The van der Waals surface area contributed by atoms with Crippen molar-refractivity contribution in [1.82, 2.24) is 0 Å². The minimum atomic E-state index is -5.68. The van der Waals surface area contributed by atoms with Gasteiger partial charge in [0.1, 0.15) is 6.61 Å². The van der Waals surface area contributed by atoms with Gasteiger partial charge in [0.15, 0.2) is 0 Å². The standard InChI is InChI=1S/C4H4F6O2/c5-2(6)12-3(7,1-11)4(8,9)10/h2,11H,1H2. The fraction of sp³-hybridized carbons (Fsp3) is 1.00. The number of aliphatic hydroxyl groups excluding tert-OH is 1. The van der Waals surface area contributed by atoms with Gasteiger partial charge in [-0.3, -0.25) is 4.74 Å². The lowest BCUT2D eigenvalue weighted by molar-refractivity contribution is -0.383. The van der Waals surface area contributed by atoms with E-state index in [4.69, 9.17) is 5.11 Å². The molecule has 12 heavy (non-hydrogen) atoms. The first-order valence-corrected chi connectivity index (χ1v) is 2.55. The number of rotatable bonds is 3. The van der Waals surface area contributed by atoms with Gasteiger partial charge in [0.25, 0.3) is 0 Å². The molecule has 0 heterocycles. The zero-order valence-electron chi connectivity index (χ0n) is 5.41. The molecule has 0 aliphatic heterocycles. The Kier molecular flexibility index (Phi) is 3.34. The van der Waals surface area contributed by atoms with Gasteiger partial charge in [-0.25, -0.2) is 0 Å². The molecule has 1 N–H and O–H groups in total. The van der Waals surface area contributed by atoms with Crippen LogP contribution in [0.3, 0.4) is 0 Å². The maximum absolute atomic E-state index is 12.2. The fourth-order valence-corrected chi connectivity index (χ4v) is 0.335. The van der Waals surface area contributed by atoms with E-state index in [2.05, 4.69) is 4.74 Å². The van der Waals surface area contributed by atoms with E-state index in [-0.39, 0.29) is 0 Å². The zero-order valence-corrected chi connectivity index (χ0v) is 5.41. The summed E-state index contributed by atoms with van der Waals surface area (Å²) in [5.74, 6) is -4.69. The predicted molar refractivity (Wildman–Crippen MR) is 24.1 cm³/mol. The molecule has 0 rings (SSSR count). The summed E-state index contributed by atoms with van der Waals surface area (Å²) in [6.07, 6.45) is -5.68. The Morgan fingerprint density at radius 3 is 1.67 bits per heavy atom. The lowest BCUT2D eigenvalue weighted by Gasteiger charge is -2.24. The van der Waals surface area contributed by atoms with Gasteiger partial charge in [-0.15, -0.1) is 0 Å². The second kappa shape index (κ2) is 3.48. The monoisotopic (exact) mass is 198 g/mol. The molecule has 0 aromatic rings. The van der Waals surface area contributed by atoms with Crippen LogP contribution in [0.15, 0.2) is 0 Å². The Morgan fingerprint density at radius 2 is 1.58 bits per heavy atom. The van der Waals surface area contributed by atoms with E-state index in [1.165, 1.54) is 0 Å². The Balaban J connectivity index is 4.46. The van der Waals surface area contributed by atoms with E-state index in [0.717, 1.165) is 0 Å². The Labute approximate surface area is 62.7 Å². The summed E-state index contributed by atoms with van der Waals surface area (Å²) >= 11 is 0. The lowest BCUT2D eigenvalue weighted by Crippen LogP contribution is -2.47. The molecule has 0 amide bonds. The molecule has 0 aliphatic rings. The van der Waals surface area contributed by atoms with Crippen LogP contribution in [0.1, 0.15) is 0 Å². The van der Waals surface area contributed by atoms with Crippen molar-refractivity contribution in [3.63, 3.8) is 0 Å². The highest BCUT2D eigenvalue weighted by molar-refractivity contribution is 4.75. The fourth-order valence-electron chi connectivity index (χ4n) is 0.335. The first-order valence-electron chi connectivity index (χ1n) is 2.55. The van der Waals surface area contributed by atoms with E-state index in [9.17, 15) is 26.3 Å². The number of hydrogen-bond acceptors (Lipinski definition) is 2. The van der Waals surface area contributed by atoms with Crippen LogP contribution in [0.25, 0.3) is 0 Å². The Bertz CT molecular complexity index is 145. The third-order valence-corrected chi connectivity index (χ3v) is 0.903. The minimum absolute atomic E-state index is 2.21. The van der Waals surface area contributed by atoms with Gasteiger partial charge in [-0.05, 0) is 0 Å². The quantitative estimate of drug-likeness (QED) is 0.695. The van der Waals surface area contributed by atoms with Crippen LogP contribution in [0.5, 0.6) is 0 Å². The van der Waals surface area contributed by atoms with Crippen molar-refractivity contribution in [2.75, 3.05) is 6.61 Å². The molecule has 0 aliphatic carbocycles. The molecule has 0 saturated carbocycles. The van der Waals surface area contributed by atoms with Gasteiger partial charge in [0.05, 0.1) is 0 Å². The van der Waals surface area contributed by atoms with Crippen LogP contribution < -0.4 is 0 Å². The highest BCUT2D eigenvalue weighted by Crippen LogP contribution is 2.35. The molecule has 8 heteroatoms. The lowest BCUT2D eigenvalue weighted by atomic mass is 10.3. The molecule has 0 radical (unpaired) electrons. The van der Waals surface area contributed by atoms with E-state index in [0.29, 0.717) is 0 Å². The third-order valence-electron chi connectivity index (χ3n) is 0.903. The highest BCUT2D eigenvalue weighted by atomic mass is 19.4. The Hall–Kier alpha value is -0.500. The first-order chi connectivity index (χ1) is 5.23. The van der Waals surface area contributed by atoms with Gasteiger partial charge in [-0.1, -0.05) is 0 Å². The number of hydrogen-bond donors (Lipinski definition) is 1. The third kappa shape index (κ3) is 2.52. The molecule has 1 atom stereocenters. The molecule has 1 unspecified atom stereocenters. The molecule has 0 aromatic carbocycles. The first kappa shape index (κ1) is 11.5. The van der Waals surface area contributed by atoms with Crippen molar-refractivity contribution in [2.45, 2.75) is 18.6 Å². The van der Waals surface area contributed by atoms with Gasteiger partial charge in [0.2, 0.25) is 0 Å². The van der Waals surface area contributed by atoms with Gasteiger partial charge in [0, 0.05) is 0 Å². The molecule has 2 nitrogen and oxygen atoms in total. The van der Waals surface area contributed by atoms with Gasteiger partial charge in [-0.2, -0.15) is 26.3 Å². The van der Waals surface area contributed by atoms with Crippen LogP contribution in [0, 0.1) is 0 Å². The van der Waals surface area contributed by atoms with Gasteiger partial charge < -0.3 is 5.11 Å². The highest BCUT2D eigenvalue weighted by Gasteiger charge is 2.59. The molecule has 0 bridgehead atoms. The number of aliphatic hydroxyl groups is 1. The summed E-state index contributed by atoms with van der Waals surface area (Å²) in [5, 5.41) is 7.82. The summed E-state index contributed by atoms with van der Waals surface area (Å²) in [6.45, 7) is -6.15. The minimum Gasteiger partial charge on any atom is -0.390 e. The topological polar surface area (TPSA) is 29.5 Å². The molecule has 0 spiro atoms. The Morgan fingerprint density at radius 1 is 1.17 bits per heavy atom. The van der Waals surface area contributed by atoms with Crippen LogP contribution >= 0.6 is 0 Å². The van der Waals surface area contributed by atoms with Crippen molar-refractivity contribution in [3.05, 3.63) is 0 Å². The van der Waals surface area contributed by atoms with E-state index < -0.39 is 25.2 Å². The van der Waals surface area contributed by atoms with Crippen LogP contribution in [0.4, 0.5) is 26.3 Å². The largest absolute Gasteiger partial charge is 0.451 e. The smallest absolute Gasteiger partial charge is 0.390 e. The van der Waals surface area contributed by atoms with Crippen molar-refractivity contribution in [2.24, 2.45) is 0 Å². The second-order valence-corrected chi connectivity index (χ2v) is 1.76. The zero-order chi connectivity index (χ0) is 9.99. The SMILES string of the molecule is OCC(F)(OC(F)F)C(F)(F)F. The van der Waals surface area contributed by atoms with Crippen molar-refractivity contribution in [3.8, 4) is 0 Å². The molecule has 74 valence electrons. The van der Waals surface area contributed by atoms with Crippen molar-refractivity contribution in [1.29, 1.82) is 0 Å². The van der Waals surface area contributed by atoms with E-state index in [1.807, 2.05) is 0 Å². The van der Waals surface area contributed by atoms with Crippen LogP contribution in [0.2, 0.25) is 0 Å². The maximum Gasteiger partial charge on any atom is 0.451 e. The molecule has 0 saturated heterocycles. The van der Waals surface area contributed by atoms with Crippen LogP contribution in [-0.4, -0.2) is 30.4 Å². The molecular weight excluding hydrogens is 194 g/mol. The summed E-state index contributed by atoms with van der Waals surface area (Å²) in [5.41, 5.74) is 0. The summed E-state index contributed by atoms with van der Waals surface area (Å²) < 4.78 is 71.5. The van der Waals surface area contributed by atoms with Crippen molar-refractivity contribution < 1.29 is 36.2 Å². The normalized spacial score (nSPS) is 18.0. The molecule has 0 fully saturated rings. The maximum atomic E-state index is 12.2. The second-order valence-electron chi connectivity index (χ2n) is 1.76. The summed E-state index contributed by atoms with van der Waals surface area (Å²) in [4.78, 5) is 0. The van der Waals surface area contributed by atoms with E-state index >= 15 is 0 Å². The predicted octanol–water partition coefficient (Wildman–Crippen LogP) is 1.45. The van der Waals surface area contributed by atoms with Crippen molar-refractivity contribution >= 4 is 0 Å². The number of ether oxygens (including phenoxy) is 1. The van der Waals surface area contributed by atoms with Crippen LogP contribution in [-0.2, 0) is 4.74 Å². The number of halogens is 6.